The van der Waals surface area contributed by atoms with Crippen LogP contribution in [0.2, 0.25) is 5.15 Å². The van der Waals surface area contributed by atoms with Crippen LogP contribution in [0.4, 0.5) is 0 Å². The molecule has 1 aromatic heterocycles. The fourth-order valence-corrected chi connectivity index (χ4v) is 1.27. The largest absolute Gasteiger partial charge is 0.157 e. The van der Waals surface area contributed by atoms with E-state index in [9.17, 15) is 0 Å². The maximum absolute atomic E-state index is 5.70. The minimum absolute atomic E-state index is 0.270. The van der Waals surface area contributed by atoms with Gasteiger partial charge in [0.15, 0.2) is 5.15 Å². The Morgan fingerprint density at radius 3 is 2.58 bits per heavy atom. The second kappa shape index (κ2) is 3.40. The van der Waals surface area contributed by atoms with E-state index in [0.717, 1.165) is 12.0 Å². The summed E-state index contributed by atoms with van der Waals surface area (Å²) in [4.78, 5) is 0. The van der Waals surface area contributed by atoms with Gasteiger partial charge in [-0.25, -0.2) is 0 Å². The fourth-order valence-electron chi connectivity index (χ4n) is 1.09. The Hall–Kier alpha value is -0.630. The van der Waals surface area contributed by atoms with Crippen LogP contribution in [0, 0.1) is 5.41 Å². The highest BCUT2D eigenvalue weighted by Gasteiger charge is 2.11. The molecule has 0 saturated carbocycles. The predicted octanol–water partition coefficient (Wildman–Crippen LogP) is 2.72. The van der Waals surface area contributed by atoms with Gasteiger partial charge in [-0.05, 0) is 23.5 Å². The number of rotatable bonds is 1. The zero-order chi connectivity index (χ0) is 9.19. The first-order valence-corrected chi connectivity index (χ1v) is 4.32. The molecule has 0 radical (unpaired) electrons. The Kier molecular flexibility index (Phi) is 2.68. The monoisotopic (exact) mass is 184 g/mol. The first-order chi connectivity index (χ1) is 5.47. The van der Waals surface area contributed by atoms with Crippen LogP contribution in [0.5, 0.6) is 0 Å². The van der Waals surface area contributed by atoms with Crippen molar-refractivity contribution in [1.82, 2.24) is 10.2 Å². The van der Waals surface area contributed by atoms with Crippen LogP contribution < -0.4 is 0 Å². The first kappa shape index (κ1) is 9.46. The minimum atomic E-state index is 0.270. The lowest BCUT2D eigenvalue weighted by Crippen LogP contribution is -2.09. The van der Waals surface area contributed by atoms with E-state index < -0.39 is 0 Å². The number of nitrogens with zero attached hydrogens (tertiary/aromatic N) is 2. The molecule has 0 aliphatic carbocycles. The van der Waals surface area contributed by atoms with Crippen molar-refractivity contribution in [2.45, 2.75) is 27.2 Å². The van der Waals surface area contributed by atoms with Gasteiger partial charge >= 0.3 is 0 Å². The summed E-state index contributed by atoms with van der Waals surface area (Å²) in [5, 5.41) is 7.94. The maximum Gasteiger partial charge on any atom is 0.151 e. The predicted molar refractivity (Wildman–Crippen MR) is 50.2 cm³/mol. The number of hydrogen-bond acceptors (Lipinski definition) is 2. The highest BCUT2D eigenvalue weighted by atomic mass is 35.5. The lowest BCUT2D eigenvalue weighted by molar-refractivity contribution is 0.410. The third kappa shape index (κ3) is 3.18. The van der Waals surface area contributed by atoms with Crippen molar-refractivity contribution in [2.75, 3.05) is 0 Å². The molecule has 0 fully saturated rings. The molecule has 2 nitrogen and oxygen atoms in total. The summed E-state index contributed by atoms with van der Waals surface area (Å²) in [5.74, 6) is 0. The summed E-state index contributed by atoms with van der Waals surface area (Å²) >= 11 is 5.70. The third-order valence-electron chi connectivity index (χ3n) is 1.42. The maximum atomic E-state index is 5.70. The average molecular weight is 185 g/mol. The Morgan fingerprint density at radius 1 is 1.42 bits per heavy atom. The zero-order valence-electron chi connectivity index (χ0n) is 7.63. The van der Waals surface area contributed by atoms with Crippen molar-refractivity contribution >= 4 is 11.6 Å². The van der Waals surface area contributed by atoms with Gasteiger partial charge in [0.05, 0.1) is 6.20 Å². The van der Waals surface area contributed by atoms with Crippen LogP contribution in [0.25, 0.3) is 0 Å². The van der Waals surface area contributed by atoms with Gasteiger partial charge in [-0.1, -0.05) is 32.4 Å². The molecule has 66 valence electrons. The molecule has 0 aliphatic rings. The van der Waals surface area contributed by atoms with E-state index in [-0.39, 0.29) is 5.41 Å². The van der Waals surface area contributed by atoms with E-state index in [1.165, 1.54) is 0 Å². The number of hydrogen-bond donors (Lipinski definition) is 0. The molecular formula is C9H13ClN2. The molecule has 12 heavy (non-hydrogen) atoms. The fraction of sp³-hybridized carbons (Fsp3) is 0.556. The van der Waals surface area contributed by atoms with Gasteiger partial charge in [0.25, 0.3) is 0 Å². The van der Waals surface area contributed by atoms with E-state index in [2.05, 4.69) is 31.0 Å². The molecule has 0 amide bonds. The summed E-state index contributed by atoms with van der Waals surface area (Å²) in [5.41, 5.74) is 1.41. The highest BCUT2D eigenvalue weighted by Crippen LogP contribution is 2.20. The van der Waals surface area contributed by atoms with Crippen molar-refractivity contribution in [3.63, 3.8) is 0 Å². The summed E-state index contributed by atoms with van der Waals surface area (Å²) in [6.45, 7) is 6.55. The van der Waals surface area contributed by atoms with Crippen LogP contribution in [0.15, 0.2) is 12.3 Å². The molecule has 0 unspecified atom stereocenters. The van der Waals surface area contributed by atoms with Crippen LogP contribution in [-0.2, 0) is 6.42 Å². The van der Waals surface area contributed by atoms with Crippen molar-refractivity contribution in [1.29, 1.82) is 0 Å². The van der Waals surface area contributed by atoms with Gasteiger partial charge < -0.3 is 0 Å². The molecule has 0 atom stereocenters. The summed E-state index contributed by atoms with van der Waals surface area (Å²) in [6.07, 6.45) is 2.74. The molecule has 1 aromatic rings. The Labute approximate surface area is 78.0 Å². The molecule has 0 aliphatic heterocycles. The quantitative estimate of drug-likeness (QED) is 0.671. The summed E-state index contributed by atoms with van der Waals surface area (Å²) in [6, 6.07) is 1.86. The lowest BCUT2D eigenvalue weighted by atomic mass is 9.89. The van der Waals surface area contributed by atoms with E-state index in [0.29, 0.717) is 5.15 Å². The molecule has 0 bridgehead atoms. The zero-order valence-corrected chi connectivity index (χ0v) is 8.39. The molecule has 1 rings (SSSR count). The van der Waals surface area contributed by atoms with Crippen molar-refractivity contribution in [2.24, 2.45) is 5.41 Å². The highest BCUT2D eigenvalue weighted by molar-refractivity contribution is 6.29. The molecule has 3 heteroatoms. The van der Waals surface area contributed by atoms with E-state index in [4.69, 9.17) is 11.6 Å². The summed E-state index contributed by atoms with van der Waals surface area (Å²) < 4.78 is 0. The van der Waals surface area contributed by atoms with Gasteiger partial charge in [0, 0.05) is 0 Å². The normalized spacial score (nSPS) is 11.7. The van der Waals surface area contributed by atoms with E-state index in [1.54, 1.807) is 6.20 Å². The first-order valence-electron chi connectivity index (χ1n) is 3.94. The molecule has 0 N–H and O–H groups in total. The van der Waals surface area contributed by atoms with Crippen LogP contribution in [-0.4, -0.2) is 10.2 Å². The van der Waals surface area contributed by atoms with Gasteiger partial charge in [-0.15, -0.1) is 5.10 Å². The second-order valence-electron chi connectivity index (χ2n) is 4.12. The van der Waals surface area contributed by atoms with Crippen molar-refractivity contribution in [3.05, 3.63) is 23.0 Å². The van der Waals surface area contributed by atoms with E-state index in [1.807, 2.05) is 6.07 Å². The van der Waals surface area contributed by atoms with Gasteiger partial charge in [-0.2, -0.15) is 5.10 Å². The molecule has 0 aromatic carbocycles. The van der Waals surface area contributed by atoms with Crippen molar-refractivity contribution in [3.8, 4) is 0 Å². The SMILES string of the molecule is CC(C)(C)Cc1cnnc(Cl)c1. The summed E-state index contributed by atoms with van der Waals surface area (Å²) in [7, 11) is 0. The van der Waals surface area contributed by atoms with Crippen LogP contribution >= 0.6 is 11.6 Å². The van der Waals surface area contributed by atoms with Crippen LogP contribution in [0.3, 0.4) is 0 Å². The minimum Gasteiger partial charge on any atom is -0.157 e. The third-order valence-corrected chi connectivity index (χ3v) is 1.60. The van der Waals surface area contributed by atoms with Crippen LogP contribution in [0.1, 0.15) is 26.3 Å². The lowest BCUT2D eigenvalue weighted by Gasteiger charge is -2.17. The van der Waals surface area contributed by atoms with Gasteiger partial charge in [0.1, 0.15) is 0 Å². The molecule has 0 spiro atoms. The Balaban J connectivity index is 2.77. The number of halogens is 1. The van der Waals surface area contributed by atoms with E-state index >= 15 is 0 Å². The molecule has 0 saturated heterocycles. The standard InChI is InChI=1S/C9H13ClN2/c1-9(2,3)5-7-4-8(10)12-11-6-7/h4,6H,5H2,1-3H3. The molecule has 1 heterocycles. The Morgan fingerprint density at radius 2 is 2.08 bits per heavy atom. The number of aromatic nitrogens is 2. The molecular weight excluding hydrogens is 172 g/mol. The smallest absolute Gasteiger partial charge is 0.151 e. The van der Waals surface area contributed by atoms with Gasteiger partial charge in [-0.3, -0.25) is 0 Å². The second-order valence-corrected chi connectivity index (χ2v) is 4.51. The Bertz CT molecular complexity index is 265. The van der Waals surface area contributed by atoms with Gasteiger partial charge in [0.2, 0.25) is 0 Å². The topological polar surface area (TPSA) is 25.8 Å². The average Bonchev–Trinajstić information content (AvgIpc) is 1.82. The van der Waals surface area contributed by atoms with Crippen molar-refractivity contribution < 1.29 is 0 Å².